The van der Waals surface area contributed by atoms with Crippen LogP contribution in [-0.4, -0.2) is 0 Å². The molecule has 0 saturated heterocycles. The van der Waals surface area contributed by atoms with Crippen molar-refractivity contribution in [3.63, 3.8) is 0 Å². The summed E-state index contributed by atoms with van der Waals surface area (Å²) in [6.07, 6.45) is 4.88. The van der Waals surface area contributed by atoms with Gasteiger partial charge in [-0.25, -0.2) is 0 Å². The number of aryl methyl sites for hydroxylation is 4. The van der Waals surface area contributed by atoms with E-state index in [1.54, 1.807) is 0 Å². The molecule has 2 aliphatic rings. The fourth-order valence-corrected chi connectivity index (χ4v) is 12.2. The molecule has 2 atom stereocenters. The van der Waals surface area contributed by atoms with Crippen LogP contribution in [0, 0.1) is 27.7 Å². The van der Waals surface area contributed by atoms with Crippen molar-refractivity contribution in [2.24, 2.45) is 0 Å². The van der Waals surface area contributed by atoms with Gasteiger partial charge in [0.1, 0.15) is 0 Å². The number of benzene rings is 4. The van der Waals surface area contributed by atoms with E-state index < -0.39 is 23.2 Å². The molecule has 0 N–H and O–H groups in total. The van der Waals surface area contributed by atoms with Crippen LogP contribution < -0.4 is 24.8 Å². The maximum absolute atomic E-state index is 6.37. The van der Waals surface area contributed by atoms with Crippen LogP contribution in [0.3, 0.4) is 0 Å². The first-order valence-corrected chi connectivity index (χ1v) is 18.5. The molecule has 0 amide bonds. The monoisotopic (exact) mass is 730 g/mol. The van der Waals surface area contributed by atoms with Crippen LogP contribution >= 0.6 is 0 Å². The van der Waals surface area contributed by atoms with Crippen molar-refractivity contribution in [1.29, 1.82) is 0 Å². The summed E-state index contributed by atoms with van der Waals surface area (Å²) in [6, 6.07) is 39.7. The standard InChI is InChI=1S/2C21H17O.2ClH.Zr/c2*1-14-8-10-17-12-18(20-11-9-15(2)22-20)13-19(17)21(14)16-6-4-3-5-7-16;;;/h2*3-13H,1-2H3;2*1H;/q;;;;+2/p-2. The molecule has 0 radical (unpaired) electrons. The van der Waals surface area contributed by atoms with Gasteiger partial charge >= 0.3 is 278 Å². The van der Waals surface area contributed by atoms with Gasteiger partial charge in [0.25, 0.3) is 0 Å². The molecule has 0 fully saturated rings. The minimum absolute atomic E-state index is 0. The van der Waals surface area contributed by atoms with Gasteiger partial charge in [-0.3, -0.25) is 0 Å². The van der Waals surface area contributed by atoms with Crippen molar-refractivity contribution in [2.45, 2.75) is 34.9 Å². The smallest absolute Gasteiger partial charge is 1.00 e. The molecule has 2 unspecified atom stereocenters. The quantitative estimate of drug-likeness (QED) is 0.229. The average Bonchev–Trinajstić information content (AvgIpc) is 3.84. The van der Waals surface area contributed by atoms with E-state index >= 15 is 0 Å². The topological polar surface area (TPSA) is 26.3 Å². The zero-order chi connectivity index (χ0) is 30.7. The largest absolute Gasteiger partial charge is 1.00 e. The molecule has 6 aromatic rings. The second-order valence-corrected chi connectivity index (χ2v) is 16.0. The van der Waals surface area contributed by atoms with Crippen LogP contribution in [0.4, 0.5) is 0 Å². The number of allylic oxidation sites excluding steroid dienone is 2. The summed E-state index contributed by atoms with van der Waals surface area (Å²) < 4.78 is 13.4. The fourth-order valence-electron chi connectivity index (χ4n) is 7.22. The molecular weight excluding hydrogens is 699 g/mol. The molecule has 0 spiro atoms. The number of furan rings is 2. The maximum atomic E-state index is 6.37. The van der Waals surface area contributed by atoms with Crippen molar-refractivity contribution in [1.82, 2.24) is 0 Å². The summed E-state index contributed by atoms with van der Waals surface area (Å²) in [4.78, 5) is 0. The number of rotatable bonds is 6. The van der Waals surface area contributed by atoms with Gasteiger partial charge in [0.05, 0.1) is 0 Å². The van der Waals surface area contributed by atoms with Crippen molar-refractivity contribution in [2.75, 3.05) is 0 Å². The molecule has 2 nitrogen and oxygen atoms in total. The number of halogens is 2. The van der Waals surface area contributed by atoms with E-state index in [2.05, 4.69) is 135 Å². The van der Waals surface area contributed by atoms with Gasteiger partial charge in [-0.05, 0) is 0 Å². The van der Waals surface area contributed by atoms with E-state index in [1.807, 2.05) is 13.8 Å². The molecule has 8 rings (SSSR count). The Labute approximate surface area is 301 Å². The van der Waals surface area contributed by atoms with Crippen molar-refractivity contribution in [3.8, 4) is 22.3 Å². The molecule has 0 aliphatic heterocycles. The third-order valence-electron chi connectivity index (χ3n) is 9.33. The third kappa shape index (κ3) is 5.88. The molecule has 4 aromatic carbocycles. The van der Waals surface area contributed by atoms with Crippen LogP contribution in [0.2, 0.25) is 0 Å². The van der Waals surface area contributed by atoms with Gasteiger partial charge in [-0.2, -0.15) is 0 Å². The Morgan fingerprint density at radius 2 is 0.872 bits per heavy atom. The molecule has 47 heavy (non-hydrogen) atoms. The number of hydrogen-bond acceptors (Lipinski definition) is 2. The van der Waals surface area contributed by atoms with Gasteiger partial charge in [0.2, 0.25) is 0 Å². The molecular formula is C42H34Cl2O2Zr. The van der Waals surface area contributed by atoms with E-state index in [0.29, 0.717) is 7.25 Å². The van der Waals surface area contributed by atoms with Crippen molar-refractivity contribution >= 4 is 23.3 Å². The molecule has 232 valence electrons. The zero-order valence-electron chi connectivity index (χ0n) is 26.8. The van der Waals surface area contributed by atoms with E-state index in [0.717, 1.165) is 23.0 Å². The maximum Gasteiger partial charge on any atom is -1.00 e. The Morgan fingerprint density at radius 3 is 1.23 bits per heavy atom. The van der Waals surface area contributed by atoms with Gasteiger partial charge in [-0.15, -0.1) is 0 Å². The Bertz CT molecular complexity index is 1980. The summed E-state index contributed by atoms with van der Waals surface area (Å²) in [7, 11) is 0. The Kier molecular flexibility index (Phi) is 9.55. The third-order valence-corrected chi connectivity index (χ3v) is 14.0. The van der Waals surface area contributed by atoms with Crippen LogP contribution in [-0.2, 0) is 23.2 Å². The minimum Gasteiger partial charge on any atom is -1.00 e. The summed E-state index contributed by atoms with van der Waals surface area (Å²) in [5.74, 6) is 3.90. The first kappa shape index (κ1) is 33.3. The Morgan fingerprint density at radius 1 is 0.468 bits per heavy atom. The van der Waals surface area contributed by atoms with Gasteiger partial charge < -0.3 is 24.8 Å². The molecule has 2 heterocycles. The van der Waals surface area contributed by atoms with Crippen LogP contribution in [0.1, 0.15) is 63.7 Å². The van der Waals surface area contributed by atoms with Crippen LogP contribution in [0.25, 0.3) is 45.6 Å². The summed E-state index contributed by atoms with van der Waals surface area (Å²) in [6.45, 7) is 8.56. The zero-order valence-corrected chi connectivity index (χ0v) is 30.7. The van der Waals surface area contributed by atoms with Crippen LogP contribution in [0.5, 0.6) is 0 Å². The first-order valence-electron chi connectivity index (χ1n) is 15.7. The number of hydrogen-bond donors (Lipinski definition) is 0. The summed E-state index contributed by atoms with van der Waals surface area (Å²) in [5, 5.41) is 0. The van der Waals surface area contributed by atoms with E-state index in [1.165, 1.54) is 66.8 Å². The molecule has 5 heteroatoms. The van der Waals surface area contributed by atoms with Gasteiger partial charge in [-0.1, -0.05) is 0 Å². The Balaban J connectivity index is 0.00000193. The normalized spacial score (nSPS) is 15.9. The predicted molar refractivity (Wildman–Crippen MR) is 181 cm³/mol. The fraction of sp³-hybridized carbons (Fsp3) is 0.143. The first-order chi connectivity index (χ1) is 22.0. The molecule has 0 saturated carbocycles. The van der Waals surface area contributed by atoms with E-state index in [-0.39, 0.29) is 24.8 Å². The molecule has 0 bridgehead atoms. The SMILES string of the molecule is Cc1ccc(C2=Cc3c(ccc(C)c3-c3ccccc3)[CH]2[Zr+2][CH]2C(c3ccc(C)o3)=Cc3c2ccc(C)c3-c2ccccc2)o1.[Cl-].[Cl-]. The van der Waals surface area contributed by atoms with Crippen LogP contribution in [0.15, 0.2) is 118 Å². The van der Waals surface area contributed by atoms with E-state index in [4.69, 9.17) is 8.83 Å². The van der Waals surface area contributed by atoms with Gasteiger partial charge in [0, 0.05) is 0 Å². The summed E-state index contributed by atoms with van der Waals surface area (Å²) >= 11 is -1.29. The molecule has 2 aromatic heterocycles. The second kappa shape index (κ2) is 13.5. The van der Waals surface area contributed by atoms with Crippen molar-refractivity contribution < 1.29 is 56.9 Å². The van der Waals surface area contributed by atoms with Crippen molar-refractivity contribution in [3.05, 3.63) is 166 Å². The predicted octanol–water partition coefficient (Wildman–Crippen LogP) is 5.42. The second-order valence-electron chi connectivity index (χ2n) is 12.3. The van der Waals surface area contributed by atoms with Gasteiger partial charge in [0.15, 0.2) is 0 Å². The molecule has 2 aliphatic carbocycles. The van der Waals surface area contributed by atoms with E-state index in [9.17, 15) is 0 Å². The minimum atomic E-state index is -1.29. The Hall–Kier alpha value is -3.62. The summed E-state index contributed by atoms with van der Waals surface area (Å²) in [5.41, 5.74) is 16.0. The average molecular weight is 733 g/mol. The number of fused-ring (bicyclic) bond motifs is 2.